The zero-order valence-electron chi connectivity index (χ0n) is 12.2. The van der Waals surface area contributed by atoms with Crippen LogP contribution < -0.4 is 10.1 Å². The quantitative estimate of drug-likeness (QED) is 0.434. The fraction of sp³-hybridized carbons (Fsp3) is 0.214. The molecule has 1 saturated heterocycles. The topological polar surface area (TPSA) is 84.9 Å². The van der Waals surface area contributed by atoms with Gasteiger partial charge in [-0.05, 0) is 55.6 Å². The summed E-state index contributed by atoms with van der Waals surface area (Å²) < 4.78 is 11.0. The number of carbonyl (C=O) groups excluding carboxylic acids is 3. The summed E-state index contributed by atoms with van der Waals surface area (Å²) in [6.45, 7) is -0.436. The van der Waals surface area contributed by atoms with Crippen LogP contribution in [0, 0.1) is 0 Å². The lowest BCUT2D eigenvalue weighted by Crippen LogP contribution is -2.36. The van der Waals surface area contributed by atoms with Gasteiger partial charge in [-0.1, -0.05) is 0 Å². The highest BCUT2D eigenvalue weighted by atomic mass is 79.9. The molecular weight excluding hydrogens is 436 g/mol. The van der Waals surface area contributed by atoms with Crippen molar-refractivity contribution in [3.63, 3.8) is 0 Å². The van der Waals surface area contributed by atoms with E-state index >= 15 is 0 Å². The lowest BCUT2D eigenvalue weighted by atomic mass is 10.2. The number of urea groups is 1. The lowest BCUT2D eigenvalue weighted by Gasteiger charge is -2.09. The maximum Gasteiger partial charge on any atom is 0.329 e. The number of nitrogens with one attached hydrogen (secondary N) is 1. The normalized spacial score (nSPS) is 15.8. The second-order valence-corrected chi connectivity index (χ2v) is 6.18. The van der Waals surface area contributed by atoms with E-state index in [1.54, 1.807) is 12.1 Å². The van der Waals surface area contributed by atoms with Crippen molar-refractivity contribution in [2.75, 3.05) is 20.8 Å². The molecule has 7 nitrogen and oxygen atoms in total. The number of amides is 3. The maximum absolute atomic E-state index is 12.2. The monoisotopic (exact) mass is 446 g/mol. The number of ether oxygens (including phenoxy) is 2. The van der Waals surface area contributed by atoms with E-state index in [2.05, 4.69) is 41.9 Å². The number of hydrogen-bond donors (Lipinski definition) is 1. The predicted octanol–water partition coefficient (Wildman–Crippen LogP) is 2.29. The van der Waals surface area contributed by atoms with E-state index in [1.165, 1.54) is 20.3 Å². The van der Waals surface area contributed by atoms with Gasteiger partial charge in [0, 0.05) is 0 Å². The Labute approximate surface area is 148 Å². The van der Waals surface area contributed by atoms with E-state index in [-0.39, 0.29) is 5.70 Å². The Morgan fingerprint density at radius 3 is 2.39 bits per heavy atom. The lowest BCUT2D eigenvalue weighted by molar-refractivity contribution is -0.143. The van der Waals surface area contributed by atoms with Gasteiger partial charge in [-0.2, -0.15) is 0 Å². The third-order valence-electron chi connectivity index (χ3n) is 3.01. The van der Waals surface area contributed by atoms with Crippen LogP contribution in [-0.4, -0.2) is 43.6 Å². The van der Waals surface area contributed by atoms with Crippen LogP contribution in [0.3, 0.4) is 0 Å². The van der Waals surface area contributed by atoms with Gasteiger partial charge in [0.1, 0.15) is 18.0 Å². The molecule has 1 fully saturated rings. The summed E-state index contributed by atoms with van der Waals surface area (Å²) in [7, 11) is 2.72. The standard InChI is InChI=1S/C14H12Br2N2O5/c1-22-11(19)6-18-13(20)10(17-14(18)21)5-7-3-8(15)12(23-2)9(16)4-7/h3-5H,6H2,1-2H3,(H,17,21)/b10-5+. The summed E-state index contributed by atoms with van der Waals surface area (Å²) in [4.78, 5) is 36.0. The molecule has 1 N–H and O–H groups in total. The molecule has 0 unspecified atom stereocenters. The molecule has 2 rings (SSSR count). The number of imide groups is 1. The summed E-state index contributed by atoms with van der Waals surface area (Å²) >= 11 is 6.72. The Kier molecular flexibility index (Phi) is 5.42. The van der Waals surface area contributed by atoms with E-state index in [0.717, 1.165) is 4.90 Å². The van der Waals surface area contributed by atoms with Gasteiger partial charge in [0.05, 0.1) is 23.2 Å². The van der Waals surface area contributed by atoms with Gasteiger partial charge >= 0.3 is 12.0 Å². The number of halogens is 2. The predicted molar refractivity (Wildman–Crippen MR) is 88.6 cm³/mol. The second-order valence-electron chi connectivity index (χ2n) is 4.47. The third kappa shape index (κ3) is 3.73. The van der Waals surface area contributed by atoms with Crippen LogP contribution in [0.2, 0.25) is 0 Å². The van der Waals surface area contributed by atoms with Crippen molar-refractivity contribution in [2.45, 2.75) is 0 Å². The molecule has 0 atom stereocenters. The minimum Gasteiger partial charge on any atom is -0.494 e. The van der Waals surface area contributed by atoms with Crippen molar-refractivity contribution >= 4 is 55.8 Å². The number of hydrogen-bond acceptors (Lipinski definition) is 5. The average Bonchev–Trinajstić information content (AvgIpc) is 2.74. The highest BCUT2D eigenvalue weighted by Crippen LogP contribution is 2.35. The maximum atomic E-state index is 12.2. The molecule has 0 radical (unpaired) electrons. The van der Waals surface area contributed by atoms with Crippen LogP contribution in [0.1, 0.15) is 5.56 Å². The third-order valence-corrected chi connectivity index (χ3v) is 4.19. The van der Waals surface area contributed by atoms with E-state index in [1.807, 2.05) is 0 Å². The molecule has 0 saturated carbocycles. The molecule has 23 heavy (non-hydrogen) atoms. The summed E-state index contributed by atoms with van der Waals surface area (Å²) in [6.07, 6.45) is 1.51. The number of benzene rings is 1. The van der Waals surface area contributed by atoms with E-state index in [9.17, 15) is 14.4 Å². The van der Waals surface area contributed by atoms with Gasteiger partial charge in [0.25, 0.3) is 5.91 Å². The number of methoxy groups -OCH3 is 2. The molecule has 9 heteroatoms. The molecule has 122 valence electrons. The largest absolute Gasteiger partial charge is 0.494 e. The molecular formula is C14H12Br2N2O5. The van der Waals surface area contributed by atoms with E-state index in [0.29, 0.717) is 20.3 Å². The minimum absolute atomic E-state index is 0.0721. The first-order valence-corrected chi connectivity index (χ1v) is 7.90. The van der Waals surface area contributed by atoms with Crippen molar-refractivity contribution in [3.8, 4) is 5.75 Å². The fourth-order valence-electron chi connectivity index (χ4n) is 1.93. The van der Waals surface area contributed by atoms with Crippen molar-refractivity contribution < 1.29 is 23.9 Å². The van der Waals surface area contributed by atoms with Gasteiger partial charge in [-0.15, -0.1) is 0 Å². The number of carbonyl (C=O) groups is 3. The van der Waals surface area contributed by atoms with Crippen LogP contribution in [0.25, 0.3) is 6.08 Å². The molecule has 0 spiro atoms. The first-order chi connectivity index (χ1) is 10.9. The average molecular weight is 448 g/mol. The number of rotatable bonds is 4. The summed E-state index contributed by atoms with van der Waals surface area (Å²) in [6, 6.07) is 2.80. The van der Waals surface area contributed by atoms with Crippen molar-refractivity contribution in [2.24, 2.45) is 0 Å². The molecule has 0 aromatic heterocycles. The Hall–Kier alpha value is -1.87. The fourth-order valence-corrected chi connectivity index (χ4v) is 3.48. The van der Waals surface area contributed by atoms with Crippen molar-refractivity contribution in [1.82, 2.24) is 10.2 Å². The summed E-state index contributed by atoms with van der Waals surface area (Å²) in [5, 5.41) is 2.43. The molecule has 0 bridgehead atoms. The Morgan fingerprint density at radius 2 is 1.87 bits per heavy atom. The van der Waals surface area contributed by atoms with E-state index in [4.69, 9.17) is 4.74 Å². The summed E-state index contributed by atoms with van der Waals surface area (Å²) in [5.74, 6) is -0.658. The smallest absolute Gasteiger partial charge is 0.329 e. The zero-order chi connectivity index (χ0) is 17.1. The van der Waals surface area contributed by atoms with Crippen molar-refractivity contribution in [1.29, 1.82) is 0 Å². The van der Waals surface area contributed by atoms with Crippen LogP contribution in [0.5, 0.6) is 5.75 Å². The molecule has 0 aliphatic carbocycles. The zero-order valence-corrected chi connectivity index (χ0v) is 15.4. The molecule has 1 aromatic carbocycles. The van der Waals surface area contributed by atoms with Gasteiger partial charge in [-0.25, -0.2) is 9.69 Å². The minimum atomic E-state index is -0.676. The van der Waals surface area contributed by atoms with Crippen LogP contribution in [0.15, 0.2) is 26.8 Å². The molecule has 1 aliphatic rings. The van der Waals surface area contributed by atoms with Crippen LogP contribution in [-0.2, 0) is 14.3 Å². The molecule has 3 amide bonds. The first kappa shape index (κ1) is 17.5. The van der Waals surface area contributed by atoms with E-state index < -0.39 is 24.5 Å². The van der Waals surface area contributed by atoms with Gasteiger partial charge in [0.2, 0.25) is 0 Å². The van der Waals surface area contributed by atoms with Crippen molar-refractivity contribution in [3.05, 3.63) is 32.3 Å². The SMILES string of the molecule is COC(=O)CN1C(=O)N/C(=C/c2cc(Br)c(OC)c(Br)c2)C1=O. The highest BCUT2D eigenvalue weighted by Gasteiger charge is 2.35. The molecule has 1 heterocycles. The number of esters is 1. The first-order valence-electron chi connectivity index (χ1n) is 6.31. The molecule has 1 aliphatic heterocycles. The van der Waals surface area contributed by atoms with Crippen LogP contribution >= 0.6 is 31.9 Å². The highest BCUT2D eigenvalue weighted by molar-refractivity contribution is 9.11. The Morgan fingerprint density at radius 1 is 1.26 bits per heavy atom. The van der Waals surface area contributed by atoms with Gasteiger partial charge in [-0.3, -0.25) is 9.59 Å². The van der Waals surface area contributed by atoms with Gasteiger partial charge < -0.3 is 14.8 Å². The summed E-state index contributed by atoms with van der Waals surface area (Å²) in [5.41, 5.74) is 0.732. The Balaban J connectivity index is 2.29. The second kappa shape index (κ2) is 7.14. The number of nitrogens with zero attached hydrogens (tertiary/aromatic N) is 1. The Bertz CT molecular complexity index is 694. The molecule has 1 aromatic rings. The van der Waals surface area contributed by atoms with Gasteiger partial charge in [0.15, 0.2) is 0 Å². The van der Waals surface area contributed by atoms with Crippen LogP contribution in [0.4, 0.5) is 4.79 Å².